The van der Waals surface area contributed by atoms with Gasteiger partial charge in [-0.2, -0.15) is 0 Å². The van der Waals surface area contributed by atoms with Crippen LogP contribution in [-0.4, -0.2) is 62.6 Å². The zero-order chi connectivity index (χ0) is 17.7. The summed E-state index contributed by atoms with van der Waals surface area (Å²) in [4.78, 5) is 16.1. The van der Waals surface area contributed by atoms with E-state index in [1.165, 1.54) is 5.56 Å². The van der Waals surface area contributed by atoms with E-state index in [2.05, 4.69) is 16.5 Å². The lowest BCUT2D eigenvalue weighted by molar-refractivity contribution is -0.132. The van der Waals surface area contributed by atoms with Crippen molar-refractivity contribution in [2.24, 2.45) is 0 Å². The van der Waals surface area contributed by atoms with Crippen LogP contribution in [0.25, 0.3) is 0 Å². The quantitative estimate of drug-likeness (QED) is 0.820. The predicted octanol–water partition coefficient (Wildman–Crippen LogP) is 1.48. The molecule has 1 aliphatic rings. The average Bonchev–Trinajstić information content (AvgIpc) is 2.60. The van der Waals surface area contributed by atoms with Crippen LogP contribution in [0.3, 0.4) is 0 Å². The molecule has 1 saturated heterocycles. The first kappa shape index (κ1) is 19.2. The summed E-state index contributed by atoms with van der Waals surface area (Å²) < 4.78 is 25.1. The molecule has 134 valence electrons. The summed E-state index contributed by atoms with van der Waals surface area (Å²) in [5.41, 5.74) is 1.19. The van der Waals surface area contributed by atoms with Gasteiger partial charge < -0.3 is 4.90 Å². The van der Waals surface area contributed by atoms with E-state index in [4.69, 9.17) is 11.6 Å². The molecule has 0 aromatic heterocycles. The second-order valence-electron chi connectivity index (χ2n) is 5.87. The molecule has 6 nitrogen and oxygen atoms in total. The molecule has 1 atom stereocenters. The molecule has 0 radical (unpaired) electrons. The summed E-state index contributed by atoms with van der Waals surface area (Å²) in [6.45, 7) is 6.24. The van der Waals surface area contributed by atoms with Crippen LogP contribution in [0.1, 0.15) is 25.5 Å². The fourth-order valence-corrected chi connectivity index (χ4v) is 3.37. The van der Waals surface area contributed by atoms with Crippen LogP contribution in [-0.2, 0) is 14.8 Å². The molecule has 1 aliphatic heterocycles. The number of hydrogen-bond donors (Lipinski definition) is 1. The fourth-order valence-electron chi connectivity index (χ4n) is 2.70. The summed E-state index contributed by atoms with van der Waals surface area (Å²) in [5.74, 6) is -0.196. The van der Waals surface area contributed by atoms with Crippen LogP contribution < -0.4 is 4.72 Å². The number of hydrogen-bond acceptors (Lipinski definition) is 4. The van der Waals surface area contributed by atoms with Crippen molar-refractivity contribution in [1.82, 2.24) is 14.5 Å². The predicted molar refractivity (Wildman–Crippen MR) is 95.5 cm³/mol. The molecule has 1 heterocycles. The van der Waals surface area contributed by atoms with Gasteiger partial charge in [0.05, 0.1) is 12.3 Å². The molecule has 0 spiro atoms. The topological polar surface area (TPSA) is 69.7 Å². The third-order valence-electron chi connectivity index (χ3n) is 4.39. The number of halogens is 1. The van der Waals surface area contributed by atoms with Crippen LogP contribution in [0.15, 0.2) is 24.3 Å². The van der Waals surface area contributed by atoms with Gasteiger partial charge in [-0.05, 0) is 31.5 Å². The van der Waals surface area contributed by atoms with Crippen molar-refractivity contribution in [3.63, 3.8) is 0 Å². The minimum absolute atomic E-state index is 0.0212. The number of benzene rings is 1. The molecule has 1 N–H and O–H groups in total. The number of carbonyl (C=O) groups is 1. The number of nitrogens with one attached hydrogen (secondary N) is 1. The van der Waals surface area contributed by atoms with Crippen molar-refractivity contribution in [2.75, 3.05) is 38.5 Å². The summed E-state index contributed by atoms with van der Waals surface area (Å²) in [6, 6.07) is 8.05. The number of piperazine rings is 1. The highest BCUT2D eigenvalue weighted by molar-refractivity contribution is 7.89. The van der Waals surface area contributed by atoms with E-state index in [0.29, 0.717) is 13.1 Å². The Hall–Kier alpha value is -1.15. The van der Waals surface area contributed by atoms with Crippen LogP contribution in [0.4, 0.5) is 0 Å². The van der Waals surface area contributed by atoms with Crippen molar-refractivity contribution in [2.45, 2.75) is 19.9 Å². The molecule has 0 aliphatic carbocycles. The van der Waals surface area contributed by atoms with Crippen molar-refractivity contribution >= 4 is 27.5 Å². The first-order valence-electron chi connectivity index (χ1n) is 8.07. The van der Waals surface area contributed by atoms with Gasteiger partial charge in [-0.3, -0.25) is 9.69 Å². The fraction of sp³-hybridized carbons (Fsp3) is 0.562. The molecule has 2 rings (SSSR count). The van der Waals surface area contributed by atoms with Gasteiger partial charge in [0.15, 0.2) is 0 Å². The molecular formula is C16H24ClN3O3S. The Morgan fingerprint density at radius 3 is 2.33 bits per heavy atom. The molecule has 1 unspecified atom stereocenters. The minimum Gasteiger partial charge on any atom is -0.339 e. The van der Waals surface area contributed by atoms with Gasteiger partial charge in [0.2, 0.25) is 15.9 Å². The van der Waals surface area contributed by atoms with E-state index in [1.54, 1.807) is 11.8 Å². The third kappa shape index (κ3) is 5.17. The second kappa shape index (κ2) is 8.29. The standard InChI is InChI=1S/C16H24ClN3O3S/c1-3-24(22,23)18-12-16(21)20-10-8-19(9-11-20)13(2)14-4-6-15(17)7-5-14/h4-7,13,18H,3,8-12H2,1-2H3. The van der Waals surface area contributed by atoms with E-state index >= 15 is 0 Å². The minimum atomic E-state index is -3.34. The summed E-state index contributed by atoms with van der Waals surface area (Å²) in [6.07, 6.45) is 0. The van der Waals surface area contributed by atoms with Gasteiger partial charge in [-0.25, -0.2) is 13.1 Å². The Balaban J connectivity index is 1.84. The Morgan fingerprint density at radius 1 is 1.21 bits per heavy atom. The summed E-state index contributed by atoms with van der Waals surface area (Å²) in [5, 5.41) is 0.718. The zero-order valence-electron chi connectivity index (χ0n) is 14.0. The average molecular weight is 374 g/mol. The smallest absolute Gasteiger partial charge is 0.237 e. The maximum absolute atomic E-state index is 12.1. The van der Waals surface area contributed by atoms with Crippen LogP contribution in [0.2, 0.25) is 5.02 Å². The van der Waals surface area contributed by atoms with E-state index < -0.39 is 10.0 Å². The molecule has 0 bridgehead atoms. The second-order valence-corrected chi connectivity index (χ2v) is 8.40. The SMILES string of the molecule is CCS(=O)(=O)NCC(=O)N1CCN(C(C)c2ccc(Cl)cc2)CC1. The molecule has 1 amide bonds. The highest BCUT2D eigenvalue weighted by Crippen LogP contribution is 2.23. The van der Waals surface area contributed by atoms with Gasteiger partial charge in [-0.1, -0.05) is 23.7 Å². The lowest BCUT2D eigenvalue weighted by atomic mass is 10.1. The lowest BCUT2D eigenvalue weighted by Gasteiger charge is -2.38. The van der Waals surface area contributed by atoms with E-state index in [0.717, 1.165) is 18.1 Å². The Labute approximate surface area is 148 Å². The molecule has 0 saturated carbocycles. The Kier molecular flexibility index (Phi) is 6.62. The number of nitrogens with zero attached hydrogens (tertiary/aromatic N) is 2. The largest absolute Gasteiger partial charge is 0.339 e. The van der Waals surface area contributed by atoms with Gasteiger partial charge >= 0.3 is 0 Å². The zero-order valence-corrected chi connectivity index (χ0v) is 15.6. The monoisotopic (exact) mass is 373 g/mol. The summed E-state index contributed by atoms with van der Waals surface area (Å²) in [7, 11) is -3.34. The molecule has 1 fully saturated rings. The van der Waals surface area contributed by atoms with Crippen LogP contribution in [0, 0.1) is 0 Å². The van der Waals surface area contributed by atoms with Gasteiger partial charge in [0.25, 0.3) is 0 Å². The third-order valence-corrected chi connectivity index (χ3v) is 5.99. The Bertz CT molecular complexity index is 656. The molecule has 1 aromatic carbocycles. The number of rotatable bonds is 6. The van der Waals surface area contributed by atoms with Crippen molar-refractivity contribution in [3.05, 3.63) is 34.9 Å². The maximum atomic E-state index is 12.1. The number of carbonyl (C=O) groups excluding carboxylic acids is 1. The first-order chi connectivity index (χ1) is 11.3. The maximum Gasteiger partial charge on any atom is 0.237 e. The highest BCUT2D eigenvalue weighted by atomic mass is 35.5. The molecule has 1 aromatic rings. The molecule has 8 heteroatoms. The Morgan fingerprint density at radius 2 is 1.79 bits per heavy atom. The lowest BCUT2D eigenvalue weighted by Crippen LogP contribution is -2.51. The number of sulfonamides is 1. The van der Waals surface area contributed by atoms with Gasteiger partial charge in [-0.15, -0.1) is 0 Å². The normalized spacial score (nSPS) is 17.7. The molecular weight excluding hydrogens is 350 g/mol. The van der Waals surface area contributed by atoms with E-state index in [-0.39, 0.29) is 24.2 Å². The first-order valence-corrected chi connectivity index (χ1v) is 10.1. The molecule has 24 heavy (non-hydrogen) atoms. The van der Waals surface area contributed by atoms with Gasteiger partial charge in [0, 0.05) is 37.2 Å². The van der Waals surface area contributed by atoms with E-state index in [9.17, 15) is 13.2 Å². The van der Waals surface area contributed by atoms with Crippen LogP contribution >= 0.6 is 11.6 Å². The highest BCUT2D eigenvalue weighted by Gasteiger charge is 2.25. The van der Waals surface area contributed by atoms with Gasteiger partial charge in [0.1, 0.15) is 0 Å². The van der Waals surface area contributed by atoms with Crippen LogP contribution in [0.5, 0.6) is 0 Å². The van der Waals surface area contributed by atoms with Crippen molar-refractivity contribution in [1.29, 1.82) is 0 Å². The van der Waals surface area contributed by atoms with E-state index in [1.807, 2.05) is 24.3 Å². The van der Waals surface area contributed by atoms with Crippen molar-refractivity contribution in [3.8, 4) is 0 Å². The summed E-state index contributed by atoms with van der Waals surface area (Å²) >= 11 is 5.92. The van der Waals surface area contributed by atoms with Crippen molar-refractivity contribution < 1.29 is 13.2 Å². The number of amides is 1.